The van der Waals surface area contributed by atoms with Crippen LogP contribution in [0, 0.1) is 6.92 Å². The van der Waals surface area contributed by atoms with Crippen molar-refractivity contribution < 1.29 is 5.11 Å². The van der Waals surface area contributed by atoms with Gasteiger partial charge in [0.1, 0.15) is 0 Å². The number of hydrogen-bond acceptors (Lipinski definition) is 3. The van der Waals surface area contributed by atoms with E-state index in [-0.39, 0.29) is 6.10 Å². The average molecular weight is 248 g/mol. The van der Waals surface area contributed by atoms with E-state index in [0.717, 1.165) is 25.7 Å². The van der Waals surface area contributed by atoms with Gasteiger partial charge in [0.15, 0.2) is 0 Å². The highest BCUT2D eigenvalue weighted by Crippen LogP contribution is 2.26. The van der Waals surface area contributed by atoms with Crippen LogP contribution in [0.3, 0.4) is 0 Å². The van der Waals surface area contributed by atoms with E-state index in [0.29, 0.717) is 6.04 Å². The van der Waals surface area contributed by atoms with Crippen LogP contribution in [0.4, 0.5) is 11.4 Å². The summed E-state index contributed by atoms with van der Waals surface area (Å²) >= 11 is 0. The molecule has 1 saturated carbocycles. The van der Waals surface area contributed by atoms with E-state index < -0.39 is 0 Å². The number of rotatable bonds is 3. The Hall–Kier alpha value is -1.22. The third kappa shape index (κ3) is 3.16. The zero-order valence-corrected chi connectivity index (χ0v) is 11.6. The van der Waals surface area contributed by atoms with E-state index >= 15 is 0 Å². The molecule has 0 radical (unpaired) electrons. The van der Waals surface area contributed by atoms with Gasteiger partial charge < -0.3 is 15.3 Å². The molecule has 0 aromatic heterocycles. The van der Waals surface area contributed by atoms with Gasteiger partial charge in [0.2, 0.25) is 0 Å². The Morgan fingerprint density at radius 2 is 1.83 bits per heavy atom. The number of anilines is 2. The summed E-state index contributed by atoms with van der Waals surface area (Å²) < 4.78 is 0. The van der Waals surface area contributed by atoms with E-state index in [1.807, 2.05) is 0 Å². The molecule has 0 bridgehead atoms. The SMILES string of the molecule is Cc1ccc(NC2CCC(O)CC2)cc1N(C)C. The Morgan fingerprint density at radius 3 is 2.44 bits per heavy atom. The van der Waals surface area contributed by atoms with Crippen molar-refractivity contribution in [2.75, 3.05) is 24.3 Å². The van der Waals surface area contributed by atoms with Crippen LogP contribution in [0.1, 0.15) is 31.2 Å². The molecular formula is C15H24N2O. The minimum Gasteiger partial charge on any atom is -0.393 e. The number of benzene rings is 1. The van der Waals surface area contributed by atoms with Gasteiger partial charge in [-0.1, -0.05) is 6.07 Å². The topological polar surface area (TPSA) is 35.5 Å². The van der Waals surface area contributed by atoms with Crippen LogP contribution in [-0.2, 0) is 0 Å². The first-order chi connectivity index (χ1) is 8.56. The minimum atomic E-state index is -0.0848. The molecule has 0 atom stereocenters. The normalized spacial score (nSPS) is 23.8. The zero-order chi connectivity index (χ0) is 13.1. The number of hydrogen-bond donors (Lipinski definition) is 2. The van der Waals surface area contributed by atoms with Crippen molar-refractivity contribution in [2.24, 2.45) is 0 Å². The first-order valence-electron chi connectivity index (χ1n) is 6.79. The van der Waals surface area contributed by atoms with Gasteiger partial charge in [-0.2, -0.15) is 0 Å². The summed E-state index contributed by atoms with van der Waals surface area (Å²) in [4.78, 5) is 2.14. The first-order valence-corrected chi connectivity index (χ1v) is 6.79. The molecule has 3 nitrogen and oxygen atoms in total. The Labute approximate surface area is 110 Å². The molecule has 1 aromatic rings. The lowest BCUT2D eigenvalue weighted by Crippen LogP contribution is -2.28. The standard InChI is InChI=1S/C15H24N2O/c1-11-4-5-13(10-15(11)17(2)3)16-12-6-8-14(18)9-7-12/h4-5,10,12,14,16,18H,6-9H2,1-3H3. The van der Waals surface area contributed by atoms with Crippen LogP contribution in [0.15, 0.2) is 18.2 Å². The predicted octanol–water partition coefficient (Wildman–Crippen LogP) is 2.78. The van der Waals surface area contributed by atoms with Gasteiger partial charge in [-0.25, -0.2) is 0 Å². The quantitative estimate of drug-likeness (QED) is 0.863. The van der Waals surface area contributed by atoms with Crippen molar-refractivity contribution in [3.8, 4) is 0 Å². The second-order valence-corrected chi connectivity index (χ2v) is 5.55. The van der Waals surface area contributed by atoms with Crippen molar-refractivity contribution in [3.63, 3.8) is 0 Å². The van der Waals surface area contributed by atoms with Crippen LogP contribution < -0.4 is 10.2 Å². The summed E-state index contributed by atoms with van der Waals surface area (Å²) in [6.07, 6.45) is 3.88. The molecule has 0 heterocycles. The molecule has 1 aliphatic carbocycles. The summed E-state index contributed by atoms with van der Waals surface area (Å²) in [6.45, 7) is 2.13. The molecule has 1 fully saturated rings. The summed E-state index contributed by atoms with van der Waals surface area (Å²) in [5, 5.41) is 13.1. The highest BCUT2D eigenvalue weighted by atomic mass is 16.3. The van der Waals surface area contributed by atoms with Crippen LogP contribution in [0.5, 0.6) is 0 Å². The molecule has 3 heteroatoms. The lowest BCUT2D eigenvalue weighted by molar-refractivity contribution is 0.126. The molecule has 0 spiro atoms. The van der Waals surface area contributed by atoms with E-state index in [2.05, 4.69) is 49.4 Å². The summed E-state index contributed by atoms with van der Waals surface area (Å²) in [6, 6.07) is 7.02. The van der Waals surface area contributed by atoms with Gasteiger partial charge in [0, 0.05) is 31.5 Å². The number of aliphatic hydroxyl groups excluding tert-OH is 1. The first kappa shape index (κ1) is 13.2. The molecule has 1 aliphatic rings. The maximum atomic E-state index is 9.51. The third-order valence-electron chi connectivity index (χ3n) is 3.76. The lowest BCUT2D eigenvalue weighted by Gasteiger charge is -2.27. The van der Waals surface area contributed by atoms with Gasteiger partial charge in [-0.3, -0.25) is 0 Å². The number of aryl methyl sites for hydroxylation is 1. The fourth-order valence-corrected chi connectivity index (χ4v) is 2.64. The Balaban J connectivity index is 2.03. The molecule has 2 N–H and O–H groups in total. The van der Waals surface area contributed by atoms with Gasteiger partial charge in [-0.15, -0.1) is 0 Å². The van der Waals surface area contributed by atoms with E-state index in [9.17, 15) is 5.11 Å². The second kappa shape index (κ2) is 5.61. The maximum Gasteiger partial charge on any atom is 0.0541 e. The van der Waals surface area contributed by atoms with Crippen molar-refractivity contribution in [1.29, 1.82) is 0 Å². The van der Waals surface area contributed by atoms with Crippen LogP contribution in [0.2, 0.25) is 0 Å². The zero-order valence-electron chi connectivity index (χ0n) is 11.6. The highest BCUT2D eigenvalue weighted by molar-refractivity contribution is 5.62. The highest BCUT2D eigenvalue weighted by Gasteiger charge is 2.19. The summed E-state index contributed by atoms with van der Waals surface area (Å²) in [5.74, 6) is 0. The molecule has 0 aliphatic heterocycles. The number of nitrogens with one attached hydrogen (secondary N) is 1. The van der Waals surface area contributed by atoms with Crippen LogP contribution in [0.25, 0.3) is 0 Å². The van der Waals surface area contributed by atoms with Crippen LogP contribution in [-0.4, -0.2) is 31.3 Å². The van der Waals surface area contributed by atoms with Gasteiger partial charge in [-0.05, 0) is 50.3 Å². The number of nitrogens with zero attached hydrogens (tertiary/aromatic N) is 1. The molecule has 18 heavy (non-hydrogen) atoms. The molecule has 0 saturated heterocycles. The summed E-state index contributed by atoms with van der Waals surface area (Å²) in [5.41, 5.74) is 3.74. The molecule has 100 valence electrons. The monoisotopic (exact) mass is 248 g/mol. The maximum absolute atomic E-state index is 9.51. The van der Waals surface area contributed by atoms with Crippen molar-refractivity contribution in [1.82, 2.24) is 0 Å². The van der Waals surface area contributed by atoms with Crippen molar-refractivity contribution in [2.45, 2.75) is 44.8 Å². The predicted molar refractivity (Wildman–Crippen MR) is 77.4 cm³/mol. The third-order valence-corrected chi connectivity index (χ3v) is 3.76. The largest absolute Gasteiger partial charge is 0.393 e. The Kier molecular flexibility index (Phi) is 4.12. The molecule has 0 unspecified atom stereocenters. The van der Waals surface area contributed by atoms with E-state index in [1.54, 1.807) is 0 Å². The molecular weight excluding hydrogens is 224 g/mol. The Morgan fingerprint density at radius 1 is 1.17 bits per heavy atom. The average Bonchev–Trinajstić information content (AvgIpc) is 2.34. The Bertz CT molecular complexity index is 395. The minimum absolute atomic E-state index is 0.0848. The van der Waals surface area contributed by atoms with Crippen molar-refractivity contribution in [3.05, 3.63) is 23.8 Å². The molecule has 2 rings (SSSR count). The molecule has 1 aromatic carbocycles. The smallest absolute Gasteiger partial charge is 0.0541 e. The fraction of sp³-hybridized carbons (Fsp3) is 0.600. The fourth-order valence-electron chi connectivity index (χ4n) is 2.64. The molecule has 0 amide bonds. The number of aliphatic hydroxyl groups is 1. The van der Waals surface area contributed by atoms with Crippen molar-refractivity contribution >= 4 is 11.4 Å². The van der Waals surface area contributed by atoms with Crippen LogP contribution >= 0.6 is 0 Å². The second-order valence-electron chi connectivity index (χ2n) is 5.55. The van der Waals surface area contributed by atoms with Gasteiger partial charge in [0.05, 0.1) is 6.10 Å². The van der Waals surface area contributed by atoms with E-state index in [1.165, 1.54) is 16.9 Å². The van der Waals surface area contributed by atoms with E-state index in [4.69, 9.17) is 0 Å². The lowest BCUT2D eigenvalue weighted by atomic mass is 9.93. The summed E-state index contributed by atoms with van der Waals surface area (Å²) in [7, 11) is 4.14. The van der Waals surface area contributed by atoms with Gasteiger partial charge >= 0.3 is 0 Å². The van der Waals surface area contributed by atoms with Gasteiger partial charge in [0.25, 0.3) is 0 Å².